The lowest BCUT2D eigenvalue weighted by atomic mass is 10.1. The highest BCUT2D eigenvalue weighted by Crippen LogP contribution is 2.32. The fourth-order valence-corrected chi connectivity index (χ4v) is 3.07. The van der Waals surface area contributed by atoms with Crippen molar-refractivity contribution in [2.75, 3.05) is 11.5 Å². The Labute approximate surface area is 86.9 Å². The molecule has 0 saturated heterocycles. The maximum absolute atomic E-state index is 5.80. The fraction of sp³-hybridized carbons (Fsp3) is 0.273. The number of anilines is 1. The van der Waals surface area contributed by atoms with Crippen molar-refractivity contribution in [2.24, 2.45) is 0 Å². The normalized spacial score (nSPS) is 15.7. The molecule has 0 saturated carbocycles. The largest absolute Gasteiger partial charge is 0.399 e. The monoisotopic (exact) mass is 204 g/mol. The molecule has 0 bridgehead atoms. The summed E-state index contributed by atoms with van der Waals surface area (Å²) >= 11 is 2.00. The van der Waals surface area contributed by atoms with E-state index in [4.69, 9.17) is 5.73 Å². The van der Waals surface area contributed by atoms with Gasteiger partial charge < -0.3 is 10.7 Å². The number of H-pyrrole nitrogens is 1. The van der Waals surface area contributed by atoms with Crippen molar-refractivity contribution in [1.29, 1.82) is 0 Å². The van der Waals surface area contributed by atoms with Gasteiger partial charge >= 0.3 is 0 Å². The minimum atomic E-state index is 0.856. The highest BCUT2D eigenvalue weighted by atomic mass is 32.2. The molecule has 1 aliphatic rings. The molecule has 0 atom stereocenters. The predicted octanol–water partition coefficient (Wildman–Crippen LogP) is 2.54. The zero-order valence-electron chi connectivity index (χ0n) is 7.84. The van der Waals surface area contributed by atoms with E-state index in [1.165, 1.54) is 27.9 Å². The van der Waals surface area contributed by atoms with Gasteiger partial charge in [0, 0.05) is 28.0 Å². The van der Waals surface area contributed by atoms with Crippen LogP contribution in [0.4, 0.5) is 5.69 Å². The highest BCUT2D eigenvalue weighted by molar-refractivity contribution is 7.98. The molecule has 2 heterocycles. The van der Waals surface area contributed by atoms with Crippen molar-refractivity contribution in [3.05, 3.63) is 29.5 Å². The van der Waals surface area contributed by atoms with Gasteiger partial charge in [-0.15, -0.1) is 0 Å². The molecule has 0 radical (unpaired) electrons. The number of thioether (sulfide) groups is 1. The molecule has 1 aromatic carbocycles. The van der Waals surface area contributed by atoms with Crippen molar-refractivity contribution >= 4 is 28.4 Å². The van der Waals surface area contributed by atoms with Crippen LogP contribution in [-0.2, 0) is 12.2 Å². The second-order valence-corrected chi connectivity index (χ2v) is 4.79. The van der Waals surface area contributed by atoms with Crippen molar-refractivity contribution in [1.82, 2.24) is 4.98 Å². The first-order valence-electron chi connectivity index (χ1n) is 4.81. The number of aryl methyl sites for hydroxylation is 1. The van der Waals surface area contributed by atoms with Gasteiger partial charge in [-0.25, -0.2) is 0 Å². The van der Waals surface area contributed by atoms with Crippen LogP contribution < -0.4 is 5.73 Å². The van der Waals surface area contributed by atoms with Crippen molar-refractivity contribution in [2.45, 2.75) is 12.2 Å². The van der Waals surface area contributed by atoms with Crippen LogP contribution in [-0.4, -0.2) is 10.7 Å². The van der Waals surface area contributed by atoms with Crippen LogP contribution in [0.5, 0.6) is 0 Å². The number of nitrogens with two attached hydrogens (primary N) is 1. The number of hydrogen-bond donors (Lipinski definition) is 2. The van der Waals surface area contributed by atoms with Gasteiger partial charge in [0.05, 0.1) is 0 Å². The predicted molar refractivity (Wildman–Crippen MR) is 62.6 cm³/mol. The van der Waals surface area contributed by atoms with Gasteiger partial charge in [0.1, 0.15) is 0 Å². The van der Waals surface area contributed by atoms with Gasteiger partial charge in [-0.1, -0.05) is 0 Å². The average molecular weight is 204 g/mol. The molecule has 0 fully saturated rings. The van der Waals surface area contributed by atoms with Crippen molar-refractivity contribution < 1.29 is 0 Å². The molecule has 0 aliphatic carbocycles. The Morgan fingerprint density at radius 2 is 2.29 bits per heavy atom. The molecule has 14 heavy (non-hydrogen) atoms. The summed E-state index contributed by atoms with van der Waals surface area (Å²) in [5, 5.41) is 1.31. The molecule has 1 aliphatic heterocycles. The van der Waals surface area contributed by atoms with E-state index in [1.807, 2.05) is 17.8 Å². The third-order valence-electron chi connectivity index (χ3n) is 2.76. The van der Waals surface area contributed by atoms with Gasteiger partial charge in [-0.3, -0.25) is 0 Å². The standard InChI is InChI=1S/C11H12N2S/c12-7-1-2-10-8(5-7)9-6-14-4-3-11(9)13-10/h1-2,5,13H,3-4,6,12H2. The number of benzene rings is 1. The van der Waals surface area contributed by atoms with E-state index in [0.717, 1.165) is 17.9 Å². The van der Waals surface area contributed by atoms with Crippen LogP contribution in [0.2, 0.25) is 0 Å². The topological polar surface area (TPSA) is 41.8 Å². The van der Waals surface area contributed by atoms with Crippen molar-refractivity contribution in [3.63, 3.8) is 0 Å². The van der Waals surface area contributed by atoms with Crippen LogP contribution in [0.15, 0.2) is 18.2 Å². The minimum absolute atomic E-state index is 0.856. The van der Waals surface area contributed by atoms with E-state index in [0.29, 0.717) is 0 Å². The summed E-state index contributed by atoms with van der Waals surface area (Å²) in [6.45, 7) is 0. The third kappa shape index (κ3) is 1.12. The number of nitrogens with one attached hydrogen (secondary N) is 1. The summed E-state index contributed by atoms with van der Waals surface area (Å²) in [5.74, 6) is 2.36. The third-order valence-corrected chi connectivity index (χ3v) is 3.75. The maximum atomic E-state index is 5.80. The van der Waals surface area contributed by atoms with Crippen LogP contribution in [0.1, 0.15) is 11.3 Å². The van der Waals surface area contributed by atoms with Crippen LogP contribution in [0.3, 0.4) is 0 Å². The summed E-state index contributed by atoms with van der Waals surface area (Å²) in [6.07, 6.45) is 1.16. The molecule has 3 N–H and O–H groups in total. The fourth-order valence-electron chi connectivity index (χ4n) is 2.05. The molecule has 1 aromatic heterocycles. The lowest BCUT2D eigenvalue weighted by Gasteiger charge is -2.10. The molecule has 0 spiro atoms. The number of aromatic amines is 1. The number of fused-ring (bicyclic) bond motifs is 3. The summed E-state index contributed by atoms with van der Waals surface area (Å²) in [5.41, 5.74) is 10.7. The molecule has 3 rings (SSSR count). The van der Waals surface area contributed by atoms with Crippen LogP contribution >= 0.6 is 11.8 Å². The first-order chi connectivity index (χ1) is 6.84. The number of rotatable bonds is 0. The molecule has 72 valence electrons. The van der Waals surface area contributed by atoms with E-state index < -0.39 is 0 Å². The molecule has 2 aromatic rings. The molecule has 2 nitrogen and oxygen atoms in total. The quantitative estimate of drug-likeness (QED) is 0.647. The van der Waals surface area contributed by atoms with Crippen LogP contribution in [0.25, 0.3) is 10.9 Å². The Morgan fingerprint density at radius 1 is 1.36 bits per heavy atom. The van der Waals surface area contributed by atoms with Gasteiger partial charge in [0.25, 0.3) is 0 Å². The van der Waals surface area contributed by atoms with E-state index >= 15 is 0 Å². The maximum Gasteiger partial charge on any atom is 0.0460 e. The average Bonchev–Trinajstić information content (AvgIpc) is 2.56. The summed E-state index contributed by atoms with van der Waals surface area (Å²) in [4.78, 5) is 3.47. The van der Waals surface area contributed by atoms with E-state index in [9.17, 15) is 0 Å². The second-order valence-electron chi connectivity index (χ2n) is 3.69. The lowest BCUT2D eigenvalue weighted by molar-refractivity contribution is 1.04. The molecule has 0 amide bonds. The highest BCUT2D eigenvalue weighted by Gasteiger charge is 2.15. The SMILES string of the molecule is Nc1ccc2[nH]c3c(c2c1)CSCC3. The van der Waals surface area contributed by atoms with E-state index in [2.05, 4.69) is 17.1 Å². The Hall–Kier alpha value is -1.09. The summed E-state index contributed by atoms with van der Waals surface area (Å²) in [7, 11) is 0. The summed E-state index contributed by atoms with van der Waals surface area (Å²) < 4.78 is 0. The second kappa shape index (κ2) is 2.95. The Balaban J connectivity index is 2.32. The molecular weight excluding hydrogens is 192 g/mol. The minimum Gasteiger partial charge on any atom is -0.399 e. The van der Waals surface area contributed by atoms with Crippen LogP contribution in [0, 0.1) is 0 Å². The van der Waals surface area contributed by atoms with Gasteiger partial charge in [-0.2, -0.15) is 11.8 Å². The Kier molecular flexibility index (Phi) is 1.74. The van der Waals surface area contributed by atoms with Gasteiger partial charge in [0.15, 0.2) is 0 Å². The first-order valence-corrected chi connectivity index (χ1v) is 5.97. The van der Waals surface area contributed by atoms with E-state index in [1.54, 1.807) is 0 Å². The van der Waals surface area contributed by atoms with Gasteiger partial charge in [0.2, 0.25) is 0 Å². The smallest absolute Gasteiger partial charge is 0.0460 e. The Morgan fingerprint density at radius 3 is 3.21 bits per heavy atom. The number of nitrogen functional groups attached to an aromatic ring is 1. The zero-order valence-corrected chi connectivity index (χ0v) is 8.66. The lowest BCUT2D eigenvalue weighted by Crippen LogP contribution is -1.99. The first kappa shape index (κ1) is 8.24. The molecule has 0 unspecified atom stereocenters. The molecule has 3 heteroatoms. The van der Waals surface area contributed by atoms with Gasteiger partial charge in [-0.05, 0) is 35.9 Å². The Bertz CT molecular complexity index is 487. The summed E-state index contributed by atoms with van der Waals surface area (Å²) in [6, 6.07) is 6.11. The number of aromatic nitrogens is 1. The number of hydrogen-bond acceptors (Lipinski definition) is 2. The zero-order chi connectivity index (χ0) is 9.54. The van der Waals surface area contributed by atoms with Crippen molar-refractivity contribution in [3.8, 4) is 0 Å². The van der Waals surface area contributed by atoms with E-state index in [-0.39, 0.29) is 0 Å². The molecular formula is C11H12N2S.